The van der Waals surface area contributed by atoms with Crippen LogP contribution in [0.1, 0.15) is 28.4 Å². The van der Waals surface area contributed by atoms with E-state index in [0.717, 1.165) is 22.0 Å². The van der Waals surface area contributed by atoms with Crippen molar-refractivity contribution in [2.75, 3.05) is 16.6 Å². The highest BCUT2D eigenvalue weighted by Crippen LogP contribution is 2.32. The first kappa shape index (κ1) is 24.4. The fraction of sp³-hybridized carbons (Fsp3) is 0.167. The molecule has 180 valence electrons. The van der Waals surface area contributed by atoms with Crippen LogP contribution in [-0.4, -0.2) is 36.2 Å². The third-order valence-corrected chi connectivity index (χ3v) is 6.68. The van der Waals surface area contributed by atoms with Gasteiger partial charge in [0.25, 0.3) is 10.0 Å². The summed E-state index contributed by atoms with van der Waals surface area (Å²) in [6.45, 7) is 5.87. The van der Waals surface area contributed by atoms with Crippen molar-refractivity contribution in [2.45, 2.75) is 25.7 Å². The van der Waals surface area contributed by atoms with E-state index in [1.807, 2.05) is 26.0 Å². The minimum absolute atomic E-state index is 0.0247. The summed E-state index contributed by atoms with van der Waals surface area (Å²) >= 11 is 5.69. The van der Waals surface area contributed by atoms with Crippen molar-refractivity contribution in [1.29, 1.82) is 0 Å². The van der Waals surface area contributed by atoms with Gasteiger partial charge in [0.05, 0.1) is 22.7 Å². The lowest BCUT2D eigenvalue weighted by atomic mass is 10.0. The number of carbonyl (C=O) groups is 1. The van der Waals surface area contributed by atoms with E-state index >= 15 is 0 Å². The number of sulfonamides is 1. The van der Waals surface area contributed by atoms with E-state index in [-0.39, 0.29) is 28.0 Å². The number of hydrogen-bond donors (Lipinski definition) is 2. The van der Waals surface area contributed by atoms with Gasteiger partial charge in [-0.1, -0.05) is 23.2 Å². The summed E-state index contributed by atoms with van der Waals surface area (Å²) in [5.41, 5.74) is 4.12. The standard InChI is InChI=1S/C24H22ClN5O4S/c1-4-34-24(31)19-13-26-22-15(3)11-14(2)12-18(22)23(19)27-16-5-7-17(8-6-16)35(32,33)30-21-10-9-20(25)28-29-21/h5-13H,4H2,1-3H3,(H,26,27)(H,29,30). The van der Waals surface area contributed by atoms with Gasteiger partial charge < -0.3 is 10.1 Å². The Hall–Kier alpha value is -3.76. The number of rotatable bonds is 7. The first-order chi connectivity index (χ1) is 16.7. The lowest BCUT2D eigenvalue weighted by Crippen LogP contribution is -2.14. The van der Waals surface area contributed by atoms with Gasteiger partial charge >= 0.3 is 5.97 Å². The number of nitrogens with one attached hydrogen (secondary N) is 2. The summed E-state index contributed by atoms with van der Waals surface area (Å²) in [5.74, 6) is -0.458. The monoisotopic (exact) mass is 511 g/mol. The molecule has 11 heteroatoms. The summed E-state index contributed by atoms with van der Waals surface area (Å²) in [6, 6.07) is 12.9. The number of aryl methyl sites for hydroxylation is 2. The molecular weight excluding hydrogens is 490 g/mol. The molecule has 0 spiro atoms. The van der Waals surface area contributed by atoms with Crippen molar-refractivity contribution in [3.8, 4) is 0 Å². The smallest absolute Gasteiger partial charge is 0.341 e. The molecule has 2 N–H and O–H groups in total. The Morgan fingerprint density at radius 2 is 1.80 bits per heavy atom. The van der Waals surface area contributed by atoms with Crippen LogP contribution >= 0.6 is 11.6 Å². The van der Waals surface area contributed by atoms with Crippen LogP contribution in [0.2, 0.25) is 5.15 Å². The molecule has 2 heterocycles. The molecule has 0 amide bonds. The number of benzene rings is 2. The number of hydrogen-bond acceptors (Lipinski definition) is 8. The van der Waals surface area contributed by atoms with Crippen LogP contribution in [0.5, 0.6) is 0 Å². The molecule has 0 fully saturated rings. The van der Waals surface area contributed by atoms with Crippen molar-refractivity contribution in [3.63, 3.8) is 0 Å². The topological polar surface area (TPSA) is 123 Å². The number of pyridine rings is 1. The third-order valence-electron chi connectivity index (χ3n) is 5.11. The number of nitrogens with zero attached hydrogens (tertiary/aromatic N) is 3. The molecule has 2 aromatic heterocycles. The molecule has 0 aliphatic carbocycles. The molecule has 4 aromatic rings. The van der Waals surface area contributed by atoms with Crippen molar-refractivity contribution < 1.29 is 17.9 Å². The maximum Gasteiger partial charge on any atom is 0.341 e. The second kappa shape index (κ2) is 9.85. The van der Waals surface area contributed by atoms with Gasteiger partial charge in [0, 0.05) is 17.3 Å². The molecule has 0 unspecified atom stereocenters. The van der Waals surface area contributed by atoms with Crippen molar-refractivity contribution >= 4 is 55.7 Å². The molecule has 0 atom stereocenters. The molecule has 0 saturated carbocycles. The molecule has 35 heavy (non-hydrogen) atoms. The van der Waals surface area contributed by atoms with E-state index in [1.54, 1.807) is 19.1 Å². The number of halogens is 1. The summed E-state index contributed by atoms with van der Waals surface area (Å²) in [7, 11) is -3.90. The van der Waals surface area contributed by atoms with Crippen LogP contribution in [-0.2, 0) is 14.8 Å². The second-order valence-corrected chi connectivity index (χ2v) is 9.81. The van der Waals surface area contributed by atoms with E-state index in [9.17, 15) is 13.2 Å². The Morgan fingerprint density at radius 3 is 2.46 bits per heavy atom. The molecule has 2 aromatic carbocycles. The molecular formula is C24H22ClN5O4S. The van der Waals surface area contributed by atoms with Crippen LogP contribution in [0, 0.1) is 13.8 Å². The van der Waals surface area contributed by atoms with Gasteiger partial charge in [0.15, 0.2) is 11.0 Å². The highest BCUT2D eigenvalue weighted by Gasteiger charge is 2.19. The summed E-state index contributed by atoms with van der Waals surface area (Å²) in [6.07, 6.45) is 1.49. The Morgan fingerprint density at radius 1 is 1.06 bits per heavy atom. The zero-order valence-electron chi connectivity index (χ0n) is 19.2. The zero-order valence-corrected chi connectivity index (χ0v) is 20.7. The first-order valence-corrected chi connectivity index (χ1v) is 12.5. The number of esters is 1. The van der Waals surface area contributed by atoms with Crippen LogP contribution in [0.15, 0.2) is 59.6 Å². The van der Waals surface area contributed by atoms with Gasteiger partial charge in [-0.2, -0.15) is 0 Å². The van der Waals surface area contributed by atoms with Gasteiger partial charge in [0.1, 0.15) is 5.56 Å². The van der Waals surface area contributed by atoms with Gasteiger partial charge in [-0.05, 0) is 68.8 Å². The molecule has 0 bridgehead atoms. The average molecular weight is 512 g/mol. The van der Waals surface area contributed by atoms with E-state index in [1.165, 1.54) is 30.5 Å². The maximum absolute atomic E-state index is 12.7. The zero-order chi connectivity index (χ0) is 25.2. The molecule has 0 radical (unpaired) electrons. The Bertz CT molecular complexity index is 1510. The molecule has 0 aliphatic rings. The highest BCUT2D eigenvalue weighted by atomic mass is 35.5. The number of ether oxygens (including phenoxy) is 1. The van der Waals surface area contributed by atoms with E-state index in [4.69, 9.17) is 16.3 Å². The quantitative estimate of drug-likeness (QED) is 0.332. The highest BCUT2D eigenvalue weighted by molar-refractivity contribution is 7.92. The lowest BCUT2D eigenvalue weighted by Gasteiger charge is -2.16. The normalized spacial score (nSPS) is 11.3. The van der Waals surface area contributed by atoms with Crippen molar-refractivity contribution in [2.24, 2.45) is 0 Å². The lowest BCUT2D eigenvalue weighted by molar-refractivity contribution is 0.0527. The summed E-state index contributed by atoms with van der Waals surface area (Å²) in [4.78, 5) is 17.1. The van der Waals surface area contributed by atoms with Gasteiger partial charge in [-0.15, -0.1) is 10.2 Å². The number of fused-ring (bicyclic) bond motifs is 1. The van der Waals surface area contributed by atoms with Crippen LogP contribution in [0.25, 0.3) is 10.9 Å². The predicted molar refractivity (Wildman–Crippen MR) is 135 cm³/mol. The summed E-state index contributed by atoms with van der Waals surface area (Å²) < 4.78 is 33.0. The second-order valence-electron chi connectivity index (χ2n) is 7.74. The van der Waals surface area contributed by atoms with Crippen molar-refractivity contribution in [1.82, 2.24) is 15.2 Å². The van der Waals surface area contributed by atoms with Crippen molar-refractivity contribution in [3.05, 3.63) is 76.6 Å². The minimum atomic E-state index is -3.90. The maximum atomic E-state index is 12.7. The SMILES string of the molecule is CCOC(=O)c1cnc2c(C)cc(C)cc2c1Nc1ccc(S(=O)(=O)Nc2ccc(Cl)nn2)cc1. The third kappa shape index (κ3) is 5.33. The average Bonchev–Trinajstić information content (AvgIpc) is 2.81. The van der Waals surface area contributed by atoms with Gasteiger partial charge in [0.2, 0.25) is 0 Å². The van der Waals surface area contributed by atoms with Crippen LogP contribution in [0.4, 0.5) is 17.2 Å². The van der Waals surface area contributed by atoms with Gasteiger partial charge in [-0.25, -0.2) is 13.2 Å². The Kier molecular flexibility index (Phi) is 6.86. The Labute approximate surface area is 207 Å². The molecule has 0 saturated heterocycles. The van der Waals surface area contributed by atoms with E-state index < -0.39 is 16.0 Å². The number of carbonyl (C=O) groups excluding carboxylic acids is 1. The van der Waals surface area contributed by atoms with Crippen LogP contribution in [0.3, 0.4) is 0 Å². The van der Waals surface area contributed by atoms with Gasteiger partial charge in [-0.3, -0.25) is 9.71 Å². The van der Waals surface area contributed by atoms with Crippen LogP contribution < -0.4 is 10.0 Å². The molecule has 0 aliphatic heterocycles. The summed E-state index contributed by atoms with van der Waals surface area (Å²) in [5, 5.41) is 11.5. The number of anilines is 3. The molecule has 9 nitrogen and oxygen atoms in total. The van der Waals surface area contributed by atoms with E-state index in [0.29, 0.717) is 11.4 Å². The van der Waals surface area contributed by atoms with E-state index in [2.05, 4.69) is 25.2 Å². The fourth-order valence-electron chi connectivity index (χ4n) is 3.59. The number of aromatic nitrogens is 3. The fourth-order valence-corrected chi connectivity index (χ4v) is 4.68. The largest absolute Gasteiger partial charge is 0.462 e. The molecule has 4 rings (SSSR count). The predicted octanol–water partition coefficient (Wildman–Crippen LogP) is 5.02. The first-order valence-electron chi connectivity index (χ1n) is 10.6. The Balaban J connectivity index is 1.69. The minimum Gasteiger partial charge on any atom is -0.462 e.